The number of fused-ring (bicyclic) bond motifs is 1. The molecule has 0 saturated carbocycles. The minimum absolute atomic E-state index is 0.244. The number of carbonyl (C=O) groups is 1. The molecule has 0 atom stereocenters. The van der Waals surface area contributed by atoms with Crippen LogP contribution in [0.4, 0.5) is 0 Å². The van der Waals surface area contributed by atoms with Crippen LogP contribution in [0.5, 0.6) is 0 Å². The van der Waals surface area contributed by atoms with Gasteiger partial charge in [0.2, 0.25) is 5.56 Å². The van der Waals surface area contributed by atoms with Crippen LogP contribution in [0.25, 0.3) is 0 Å². The molecule has 2 heterocycles. The van der Waals surface area contributed by atoms with Crippen LogP contribution in [0.15, 0.2) is 29.1 Å². The fourth-order valence-electron chi connectivity index (χ4n) is 2.32. The second-order valence-electron chi connectivity index (χ2n) is 4.63. The van der Waals surface area contributed by atoms with E-state index in [4.69, 9.17) is 0 Å². The van der Waals surface area contributed by atoms with Crippen molar-refractivity contribution in [3.63, 3.8) is 0 Å². The van der Waals surface area contributed by atoms with Crippen LogP contribution in [0, 0.1) is 0 Å². The maximum absolute atomic E-state index is 11.9. The van der Waals surface area contributed by atoms with E-state index < -0.39 is 0 Å². The van der Waals surface area contributed by atoms with Crippen molar-refractivity contribution >= 4 is 17.2 Å². The number of amides is 1. The van der Waals surface area contributed by atoms with E-state index in [1.165, 1.54) is 34.2 Å². The molecule has 98 valence electrons. The SMILES string of the molecule is O=C(NCc1cc2c(s1)CCC2)c1cccc(=O)[nH]1. The summed E-state index contributed by atoms with van der Waals surface area (Å²) in [6.45, 7) is 0.521. The minimum atomic E-state index is -0.261. The number of H-pyrrole nitrogens is 1. The Labute approximate surface area is 114 Å². The maximum Gasteiger partial charge on any atom is 0.268 e. The molecule has 2 aromatic rings. The van der Waals surface area contributed by atoms with Crippen LogP contribution in [-0.4, -0.2) is 10.9 Å². The molecule has 0 saturated heterocycles. The zero-order valence-corrected chi connectivity index (χ0v) is 11.2. The summed E-state index contributed by atoms with van der Waals surface area (Å²) in [6.07, 6.45) is 3.57. The number of thiophene rings is 1. The zero-order valence-electron chi connectivity index (χ0n) is 10.4. The molecule has 0 spiro atoms. The molecule has 0 aliphatic heterocycles. The Morgan fingerprint density at radius 1 is 1.37 bits per heavy atom. The summed E-state index contributed by atoms with van der Waals surface area (Å²) in [5, 5.41) is 2.83. The van der Waals surface area contributed by atoms with E-state index in [0.29, 0.717) is 12.2 Å². The van der Waals surface area contributed by atoms with Gasteiger partial charge in [-0.2, -0.15) is 0 Å². The molecule has 19 heavy (non-hydrogen) atoms. The monoisotopic (exact) mass is 274 g/mol. The van der Waals surface area contributed by atoms with E-state index in [0.717, 1.165) is 6.42 Å². The number of nitrogens with one attached hydrogen (secondary N) is 2. The van der Waals surface area contributed by atoms with E-state index in [-0.39, 0.29) is 11.5 Å². The highest BCUT2D eigenvalue weighted by Crippen LogP contribution is 2.30. The average Bonchev–Trinajstić information content (AvgIpc) is 2.96. The van der Waals surface area contributed by atoms with Crippen molar-refractivity contribution < 1.29 is 4.79 Å². The second kappa shape index (κ2) is 5.01. The lowest BCUT2D eigenvalue weighted by Crippen LogP contribution is -2.25. The highest BCUT2D eigenvalue weighted by molar-refractivity contribution is 7.12. The fraction of sp³-hybridized carbons (Fsp3) is 0.286. The minimum Gasteiger partial charge on any atom is -0.346 e. The Morgan fingerprint density at radius 3 is 3.05 bits per heavy atom. The molecule has 1 aliphatic rings. The van der Waals surface area contributed by atoms with Crippen molar-refractivity contribution in [3.05, 3.63) is 55.6 Å². The molecule has 2 aromatic heterocycles. The molecule has 3 rings (SSSR count). The molecule has 0 unspecified atom stereocenters. The zero-order chi connectivity index (χ0) is 13.2. The largest absolute Gasteiger partial charge is 0.346 e. The third kappa shape index (κ3) is 2.61. The number of hydrogen-bond acceptors (Lipinski definition) is 3. The van der Waals surface area contributed by atoms with Gasteiger partial charge in [-0.3, -0.25) is 9.59 Å². The molecule has 0 aromatic carbocycles. The van der Waals surface area contributed by atoms with Crippen molar-refractivity contribution in [2.75, 3.05) is 0 Å². The van der Waals surface area contributed by atoms with Crippen LogP contribution in [-0.2, 0) is 19.4 Å². The first kappa shape index (κ1) is 12.2. The standard InChI is InChI=1S/C14H14N2O2S/c17-13-6-2-4-11(16-13)14(18)15-8-10-7-9-3-1-5-12(9)19-10/h2,4,6-7H,1,3,5,8H2,(H,15,18)(H,16,17). The Bertz CT molecular complexity index is 651. The van der Waals surface area contributed by atoms with Crippen LogP contribution in [0.1, 0.15) is 32.2 Å². The highest BCUT2D eigenvalue weighted by atomic mass is 32.1. The summed E-state index contributed by atoms with van der Waals surface area (Å²) in [6, 6.07) is 6.75. The Hall–Kier alpha value is -1.88. The van der Waals surface area contributed by atoms with Gasteiger partial charge >= 0.3 is 0 Å². The van der Waals surface area contributed by atoms with Gasteiger partial charge in [0, 0.05) is 15.8 Å². The predicted octanol–water partition coefficient (Wildman–Crippen LogP) is 1.86. The quantitative estimate of drug-likeness (QED) is 0.897. The van der Waals surface area contributed by atoms with E-state index in [1.807, 2.05) is 0 Å². The van der Waals surface area contributed by atoms with Gasteiger partial charge in [-0.15, -0.1) is 11.3 Å². The average molecular weight is 274 g/mol. The first-order valence-corrected chi connectivity index (χ1v) is 7.12. The van der Waals surface area contributed by atoms with Crippen molar-refractivity contribution in [2.45, 2.75) is 25.8 Å². The fourth-order valence-corrected chi connectivity index (χ4v) is 3.52. The van der Waals surface area contributed by atoms with Crippen LogP contribution in [0.3, 0.4) is 0 Å². The van der Waals surface area contributed by atoms with Gasteiger partial charge in [-0.05, 0) is 37.0 Å². The number of pyridine rings is 1. The number of aryl methyl sites for hydroxylation is 2. The van der Waals surface area contributed by atoms with Gasteiger partial charge in [0.25, 0.3) is 5.91 Å². The summed E-state index contributed by atoms with van der Waals surface area (Å²) >= 11 is 1.78. The molecule has 2 N–H and O–H groups in total. The van der Waals surface area contributed by atoms with E-state index in [1.54, 1.807) is 23.5 Å². The Balaban J connectivity index is 1.65. The van der Waals surface area contributed by atoms with Crippen molar-refractivity contribution in [3.8, 4) is 0 Å². The van der Waals surface area contributed by atoms with Crippen LogP contribution < -0.4 is 10.9 Å². The lowest BCUT2D eigenvalue weighted by atomic mass is 10.2. The number of hydrogen-bond donors (Lipinski definition) is 2. The van der Waals surface area contributed by atoms with E-state index >= 15 is 0 Å². The highest BCUT2D eigenvalue weighted by Gasteiger charge is 2.15. The topological polar surface area (TPSA) is 62.0 Å². The molecular formula is C14H14N2O2S. The van der Waals surface area contributed by atoms with Gasteiger partial charge in [-0.1, -0.05) is 6.07 Å². The Morgan fingerprint density at radius 2 is 2.26 bits per heavy atom. The van der Waals surface area contributed by atoms with Crippen molar-refractivity contribution in [2.24, 2.45) is 0 Å². The first-order valence-electron chi connectivity index (χ1n) is 6.30. The van der Waals surface area contributed by atoms with Crippen molar-refractivity contribution in [1.29, 1.82) is 0 Å². The number of carbonyl (C=O) groups excluding carboxylic acids is 1. The summed E-state index contributed by atoms with van der Waals surface area (Å²) < 4.78 is 0. The summed E-state index contributed by atoms with van der Waals surface area (Å²) in [7, 11) is 0. The third-order valence-corrected chi connectivity index (χ3v) is 4.47. The predicted molar refractivity (Wildman–Crippen MR) is 74.6 cm³/mol. The molecule has 0 radical (unpaired) electrons. The lowest BCUT2D eigenvalue weighted by Gasteiger charge is -2.03. The molecule has 5 heteroatoms. The number of aromatic amines is 1. The van der Waals surface area contributed by atoms with Gasteiger partial charge in [0.1, 0.15) is 5.69 Å². The normalized spacial score (nSPS) is 13.3. The summed E-state index contributed by atoms with van der Waals surface area (Å²) in [5.74, 6) is -0.244. The van der Waals surface area contributed by atoms with Crippen molar-refractivity contribution in [1.82, 2.24) is 10.3 Å². The third-order valence-electron chi connectivity index (χ3n) is 3.23. The number of rotatable bonds is 3. The molecular weight excluding hydrogens is 260 g/mol. The van der Waals surface area contributed by atoms with E-state index in [2.05, 4.69) is 16.4 Å². The second-order valence-corrected chi connectivity index (χ2v) is 5.85. The Kier molecular flexibility index (Phi) is 3.21. The molecule has 1 amide bonds. The number of aromatic nitrogens is 1. The molecule has 0 bridgehead atoms. The van der Waals surface area contributed by atoms with Crippen LogP contribution in [0.2, 0.25) is 0 Å². The maximum atomic E-state index is 11.9. The molecule has 0 fully saturated rings. The van der Waals surface area contributed by atoms with Gasteiger partial charge in [-0.25, -0.2) is 0 Å². The smallest absolute Gasteiger partial charge is 0.268 e. The van der Waals surface area contributed by atoms with Gasteiger partial charge in [0.15, 0.2) is 0 Å². The van der Waals surface area contributed by atoms with Crippen LogP contribution >= 0.6 is 11.3 Å². The van der Waals surface area contributed by atoms with E-state index in [9.17, 15) is 9.59 Å². The van der Waals surface area contributed by atoms with Gasteiger partial charge < -0.3 is 10.3 Å². The summed E-state index contributed by atoms with van der Waals surface area (Å²) in [4.78, 5) is 28.1. The first-order chi connectivity index (χ1) is 9.22. The van der Waals surface area contributed by atoms with Gasteiger partial charge in [0.05, 0.1) is 6.54 Å². The summed E-state index contributed by atoms with van der Waals surface area (Å²) in [5.41, 5.74) is 1.47. The lowest BCUT2D eigenvalue weighted by molar-refractivity contribution is 0.0946. The molecule has 4 nitrogen and oxygen atoms in total. The molecule has 1 aliphatic carbocycles.